The van der Waals surface area contributed by atoms with Crippen LogP contribution in [0.5, 0.6) is 0 Å². The first-order valence-electron chi connectivity index (χ1n) is 9.45. The Morgan fingerprint density at radius 2 is 1.93 bits per heavy atom. The van der Waals surface area contributed by atoms with Gasteiger partial charge in [-0.3, -0.25) is 4.79 Å². The molecule has 2 heterocycles. The summed E-state index contributed by atoms with van der Waals surface area (Å²) < 4.78 is 32.2. The molecule has 1 aliphatic rings. The molecule has 0 radical (unpaired) electrons. The van der Waals surface area contributed by atoms with Crippen molar-refractivity contribution in [3.05, 3.63) is 51.7 Å². The maximum Gasteiger partial charge on any atom is 0.338 e. The van der Waals surface area contributed by atoms with Crippen molar-refractivity contribution in [3.8, 4) is 0 Å². The van der Waals surface area contributed by atoms with Crippen LogP contribution in [0.1, 0.15) is 40.1 Å². The van der Waals surface area contributed by atoms with Gasteiger partial charge < -0.3 is 10.1 Å². The van der Waals surface area contributed by atoms with Gasteiger partial charge in [-0.05, 0) is 48.9 Å². The van der Waals surface area contributed by atoms with Gasteiger partial charge in [0.1, 0.15) is 0 Å². The van der Waals surface area contributed by atoms with Crippen LogP contribution in [-0.2, 0) is 26.1 Å². The lowest BCUT2D eigenvalue weighted by atomic mass is 10.1. The second kappa shape index (κ2) is 9.51. The summed E-state index contributed by atoms with van der Waals surface area (Å²) in [5.74, 6) is -1.13. The van der Waals surface area contributed by atoms with Crippen LogP contribution in [0.15, 0.2) is 40.6 Å². The van der Waals surface area contributed by atoms with Crippen LogP contribution < -0.4 is 5.32 Å². The maximum absolute atomic E-state index is 12.8. The Kier molecular flexibility index (Phi) is 7.05. The number of carbonyl (C=O) groups excluding carboxylic acids is 2. The molecule has 1 aromatic carbocycles. The molecule has 1 amide bonds. The lowest BCUT2D eigenvalue weighted by Gasteiger charge is -2.26. The van der Waals surface area contributed by atoms with Gasteiger partial charge in [0.25, 0.3) is 5.91 Å². The zero-order valence-corrected chi connectivity index (χ0v) is 17.9. The second-order valence-electron chi connectivity index (χ2n) is 6.87. The fourth-order valence-electron chi connectivity index (χ4n) is 3.09. The maximum atomic E-state index is 12.8. The number of sulfonamides is 1. The predicted molar refractivity (Wildman–Crippen MR) is 110 cm³/mol. The van der Waals surface area contributed by atoms with Crippen molar-refractivity contribution < 1.29 is 22.7 Å². The Labute approximate surface area is 174 Å². The molecule has 1 saturated heterocycles. The van der Waals surface area contributed by atoms with Gasteiger partial charge >= 0.3 is 5.97 Å². The van der Waals surface area contributed by atoms with E-state index in [1.54, 1.807) is 13.0 Å². The molecule has 156 valence electrons. The Bertz CT molecular complexity index is 965. The average molecular weight is 437 g/mol. The Hall–Kier alpha value is -2.23. The molecule has 3 rings (SSSR count). The molecule has 1 fully saturated rings. The highest BCUT2D eigenvalue weighted by Gasteiger charge is 2.27. The number of piperidine rings is 1. The zero-order valence-electron chi connectivity index (χ0n) is 16.2. The highest BCUT2D eigenvalue weighted by Crippen LogP contribution is 2.23. The van der Waals surface area contributed by atoms with E-state index in [2.05, 4.69) is 5.32 Å². The minimum absolute atomic E-state index is 0.0686. The van der Waals surface area contributed by atoms with E-state index in [-0.39, 0.29) is 10.5 Å². The zero-order chi connectivity index (χ0) is 20.9. The molecule has 0 aliphatic carbocycles. The minimum Gasteiger partial charge on any atom is -0.452 e. The lowest BCUT2D eigenvalue weighted by molar-refractivity contribution is -0.124. The van der Waals surface area contributed by atoms with Gasteiger partial charge in [-0.15, -0.1) is 11.3 Å². The quantitative estimate of drug-likeness (QED) is 0.674. The smallest absolute Gasteiger partial charge is 0.338 e. The molecule has 0 unspecified atom stereocenters. The summed E-state index contributed by atoms with van der Waals surface area (Å²) in [6.45, 7) is 2.62. The van der Waals surface area contributed by atoms with E-state index in [0.717, 1.165) is 24.1 Å². The summed E-state index contributed by atoms with van der Waals surface area (Å²) in [6, 6.07) is 8.22. The van der Waals surface area contributed by atoms with Crippen LogP contribution in [0, 0.1) is 6.92 Å². The lowest BCUT2D eigenvalue weighted by Crippen LogP contribution is -2.35. The van der Waals surface area contributed by atoms with Crippen molar-refractivity contribution in [2.45, 2.75) is 37.6 Å². The topological polar surface area (TPSA) is 92.8 Å². The second-order valence-corrected chi connectivity index (χ2v) is 9.84. The first-order chi connectivity index (χ1) is 13.9. The molecule has 0 saturated carbocycles. The van der Waals surface area contributed by atoms with Crippen molar-refractivity contribution in [2.75, 3.05) is 19.7 Å². The van der Waals surface area contributed by atoms with Crippen molar-refractivity contribution in [3.63, 3.8) is 0 Å². The largest absolute Gasteiger partial charge is 0.452 e. The third-order valence-electron chi connectivity index (χ3n) is 4.76. The number of aryl methyl sites for hydroxylation is 1. The molecule has 29 heavy (non-hydrogen) atoms. The summed E-state index contributed by atoms with van der Waals surface area (Å²) in [5.41, 5.74) is 0.737. The Morgan fingerprint density at radius 1 is 1.17 bits per heavy atom. The number of amides is 1. The average Bonchev–Trinajstić information content (AvgIpc) is 3.25. The van der Waals surface area contributed by atoms with Gasteiger partial charge in [0.05, 0.1) is 17.0 Å². The number of ether oxygens (including phenoxy) is 1. The third kappa shape index (κ3) is 5.43. The molecule has 2 aromatic rings. The van der Waals surface area contributed by atoms with Gasteiger partial charge in [0.2, 0.25) is 10.0 Å². The van der Waals surface area contributed by atoms with Crippen LogP contribution in [0.3, 0.4) is 0 Å². The molecule has 1 N–H and O–H groups in total. The standard InChI is InChI=1S/C20H24N2O5S2/c1-15-7-8-17(29(25,26)22-9-3-2-4-10-22)12-18(15)20(24)27-14-19(23)21-13-16-6-5-11-28-16/h5-8,11-12H,2-4,9-10,13-14H2,1H3,(H,21,23). The van der Waals surface area contributed by atoms with E-state index >= 15 is 0 Å². The fraction of sp³-hybridized carbons (Fsp3) is 0.400. The minimum atomic E-state index is -3.65. The Morgan fingerprint density at radius 3 is 2.62 bits per heavy atom. The summed E-state index contributed by atoms with van der Waals surface area (Å²) in [7, 11) is -3.65. The molecule has 0 bridgehead atoms. The van der Waals surface area contributed by atoms with Crippen molar-refractivity contribution in [1.82, 2.24) is 9.62 Å². The SMILES string of the molecule is Cc1ccc(S(=O)(=O)N2CCCCC2)cc1C(=O)OCC(=O)NCc1cccs1. The van der Waals surface area contributed by atoms with Crippen molar-refractivity contribution in [1.29, 1.82) is 0 Å². The van der Waals surface area contributed by atoms with Crippen LogP contribution in [0.4, 0.5) is 0 Å². The number of rotatable bonds is 7. The number of carbonyl (C=O) groups is 2. The molecule has 1 aromatic heterocycles. The van der Waals surface area contributed by atoms with Gasteiger partial charge in [0, 0.05) is 18.0 Å². The van der Waals surface area contributed by atoms with Gasteiger partial charge in [-0.25, -0.2) is 13.2 Å². The van der Waals surface area contributed by atoms with E-state index in [4.69, 9.17) is 4.74 Å². The van der Waals surface area contributed by atoms with Crippen LogP contribution in [0.25, 0.3) is 0 Å². The third-order valence-corrected chi connectivity index (χ3v) is 7.53. The number of benzene rings is 1. The number of esters is 1. The monoisotopic (exact) mass is 436 g/mol. The number of thiophene rings is 1. The van der Waals surface area contributed by atoms with Crippen molar-refractivity contribution >= 4 is 33.2 Å². The van der Waals surface area contributed by atoms with E-state index in [1.165, 1.54) is 27.8 Å². The fourth-order valence-corrected chi connectivity index (χ4v) is 5.28. The van der Waals surface area contributed by atoms with Crippen LogP contribution in [-0.4, -0.2) is 44.3 Å². The molecular formula is C20H24N2O5S2. The molecular weight excluding hydrogens is 412 g/mol. The van der Waals surface area contributed by atoms with E-state index in [0.29, 0.717) is 25.2 Å². The van der Waals surface area contributed by atoms with Crippen molar-refractivity contribution in [2.24, 2.45) is 0 Å². The first kappa shape index (κ1) is 21.5. The molecule has 0 spiro atoms. The summed E-state index contributed by atoms with van der Waals surface area (Å²) in [4.78, 5) is 25.4. The van der Waals surface area contributed by atoms with Gasteiger partial charge in [-0.2, -0.15) is 4.31 Å². The summed E-state index contributed by atoms with van der Waals surface area (Å²) >= 11 is 1.52. The highest BCUT2D eigenvalue weighted by molar-refractivity contribution is 7.89. The number of nitrogens with zero attached hydrogens (tertiary/aromatic N) is 1. The van der Waals surface area contributed by atoms with E-state index in [1.807, 2.05) is 17.5 Å². The van der Waals surface area contributed by atoms with Crippen LogP contribution >= 0.6 is 11.3 Å². The normalized spacial score (nSPS) is 15.1. The number of nitrogens with one attached hydrogen (secondary N) is 1. The van der Waals surface area contributed by atoms with Gasteiger partial charge in [-0.1, -0.05) is 18.6 Å². The number of hydrogen-bond acceptors (Lipinski definition) is 6. The highest BCUT2D eigenvalue weighted by atomic mass is 32.2. The predicted octanol–water partition coefficient (Wildman–Crippen LogP) is 2.70. The molecule has 0 atom stereocenters. The van der Waals surface area contributed by atoms with Crippen LogP contribution in [0.2, 0.25) is 0 Å². The molecule has 7 nitrogen and oxygen atoms in total. The first-order valence-corrected chi connectivity index (χ1v) is 11.8. The van der Waals surface area contributed by atoms with E-state index < -0.39 is 28.5 Å². The van der Waals surface area contributed by atoms with Gasteiger partial charge in [0.15, 0.2) is 6.61 Å². The molecule has 9 heteroatoms. The Balaban J connectivity index is 1.64. The number of hydrogen-bond donors (Lipinski definition) is 1. The molecule has 1 aliphatic heterocycles. The summed E-state index contributed by atoms with van der Waals surface area (Å²) in [5, 5.41) is 4.59. The summed E-state index contributed by atoms with van der Waals surface area (Å²) in [6.07, 6.45) is 2.69. The van der Waals surface area contributed by atoms with E-state index in [9.17, 15) is 18.0 Å².